The number of carboxylic acid groups (broad SMARTS) is 1. The van der Waals surface area contributed by atoms with E-state index in [2.05, 4.69) is 10.2 Å². The van der Waals surface area contributed by atoms with Crippen molar-refractivity contribution in [3.05, 3.63) is 33.6 Å². The van der Waals surface area contributed by atoms with Crippen molar-refractivity contribution >= 4 is 22.6 Å². The molecule has 0 bridgehead atoms. The molecular weight excluding hydrogens is 370 g/mol. The third kappa shape index (κ3) is 2.90. The van der Waals surface area contributed by atoms with Gasteiger partial charge in [-0.15, -0.1) is 0 Å². The molecule has 7 heteroatoms. The molecule has 1 saturated carbocycles. The Morgan fingerprint density at radius 3 is 2.72 bits per heavy atom. The van der Waals surface area contributed by atoms with E-state index in [0.717, 1.165) is 49.2 Å². The SMILES string of the molecule is COc1c(N2CC3CCCNC3C2)c(C)cc2c(=O)c(C(=O)O)cn(C3CC3)c12. The third-order valence-corrected chi connectivity index (χ3v) is 6.73. The van der Waals surface area contributed by atoms with Gasteiger partial charge in [0, 0.05) is 31.4 Å². The average molecular weight is 397 g/mol. The average Bonchev–Trinajstić information content (AvgIpc) is 3.45. The zero-order chi connectivity index (χ0) is 20.3. The quantitative estimate of drug-likeness (QED) is 0.825. The fourth-order valence-corrected chi connectivity index (χ4v) is 5.21. The van der Waals surface area contributed by atoms with Crippen molar-refractivity contribution < 1.29 is 14.6 Å². The lowest BCUT2D eigenvalue weighted by Crippen LogP contribution is -2.40. The largest absolute Gasteiger partial charge is 0.492 e. The number of hydrogen-bond donors (Lipinski definition) is 2. The van der Waals surface area contributed by atoms with Crippen LogP contribution in [-0.2, 0) is 0 Å². The van der Waals surface area contributed by atoms with E-state index in [9.17, 15) is 14.7 Å². The summed E-state index contributed by atoms with van der Waals surface area (Å²) in [6.45, 7) is 4.96. The first-order valence-corrected chi connectivity index (χ1v) is 10.5. The highest BCUT2D eigenvalue weighted by molar-refractivity contribution is 5.98. The van der Waals surface area contributed by atoms with Gasteiger partial charge >= 0.3 is 5.97 Å². The van der Waals surface area contributed by atoms with Crippen molar-refractivity contribution in [2.45, 2.75) is 44.7 Å². The highest BCUT2D eigenvalue weighted by Crippen LogP contribution is 2.45. The van der Waals surface area contributed by atoms with Gasteiger partial charge in [-0.25, -0.2) is 4.79 Å². The van der Waals surface area contributed by atoms with Crippen LogP contribution in [-0.4, -0.2) is 48.4 Å². The van der Waals surface area contributed by atoms with E-state index < -0.39 is 11.4 Å². The molecule has 154 valence electrons. The predicted molar refractivity (Wildman–Crippen MR) is 111 cm³/mol. The van der Waals surface area contributed by atoms with Crippen LogP contribution in [0.1, 0.15) is 47.6 Å². The lowest BCUT2D eigenvalue weighted by Gasteiger charge is -2.26. The molecule has 2 unspecified atom stereocenters. The molecule has 5 rings (SSSR count). The number of nitrogens with zero attached hydrogens (tertiary/aromatic N) is 2. The Bertz CT molecular complexity index is 1040. The van der Waals surface area contributed by atoms with Crippen LogP contribution < -0.4 is 20.4 Å². The van der Waals surface area contributed by atoms with Crippen LogP contribution in [0.4, 0.5) is 5.69 Å². The van der Waals surface area contributed by atoms with E-state index in [-0.39, 0.29) is 11.6 Å². The maximum Gasteiger partial charge on any atom is 0.341 e. The Morgan fingerprint density at radius 2 is 2.07 bits per heavy atom. The van der Waals surface area contributed by atoms with Crippen molar-refractivity contribution in [1.82, 2.24) is 9.88 Å². The molecule has 7 nitrogen and oxygen atoms in total. The Kier molecular flexibility index (Phi) is 4.31. The van der Waals surface area contributed by atoms with Gasteiger partial charge in [0.25, 0.3) is 0 Å². The smallest absolute Gasteiger partial charge is 0.341 e. The summed E-state index contributed by atoms with van der Waals surface area (Å²) in [6, 6.07) is 2.57. The number of aromatic nitrogens is 1. The van der Waals surface area contributed by atoms with Crippen molar-refractivity contribution in [2.75, 3.05) is 31.6 Å². The lowest BCUT2D eigenvalue weighted by atomic mass is 9.94. The number of piperidine rings is 1. The number of nitrogens with one attached hydrogen (secondary N) is 1. The van der Waals surface area contributed by atoms with Gasteiger partial charge in [-0.1, -0.05) is 0 Å². The number of rotatable bonds is 4. The van der Waals surface area contributed by atoms with Crippen LogP contribution in [0.15, 0.2) is 17.1 Å². The third-order valence-electron chi connectivity index (χ3n) is 6.73. The summed E-state index contributed by atoms with van der Waals surface area (Å²) >= 11 is 0. The molecule has 1 aromatic carbocycles. The molecule has 0 spiro atoms. The lowest BCUT2D eigenvalue weighted by molar-refractivity contribution is 0.0695. The number of methoxy groups -OCH3 is 1. The van der Waals surface area contributed by atoms with Gasteiger partial charge in [0.15, 0.2) is 5.75 Å². The summed E-state index contributed by atoms with van der Waals surface area (Å²) in [6.07, 6.45) is 5.93. The zero-order valence-corrected chi connectivity index (χ0v) is 16.9. The van der Waals surface area contributed by atoms with Crippen LogP contribution in [0, 0.1) is 12.8 Å². The van der Waals surface area contributed by atoms with Gasteiger partial charge in [-0.3, -0.25) is 4.79 Å². The molecule has 0 radical (unpaired) electrons. The number of carboxylic acids is 1. The van der Waals surface area contributed by atoms with Gasteiger partial charge in [-0.2, -0.15) is 0 Å². The van der Waals surface area contributed by atoms with Crippen molar-refractivity contribution in [1.29, 1.82) is 0 Å². The summed E-state index contributed by atoms with van der Waals surface area (Å²) in [5.41, 5.74) is 2.11. The monoisotopic (exact) mass is 397 g/mol. The molecule has 1 aliphatic carbocycles. The summed E-state index contributed by atoms with van der Waals surface area (Å²) < 4.78 is 7.87. The molecule has 0 amide bonds. The van der Waals surface area contributed by atoms with E-state index in [1.165, 1.54) is 19.0 Å². The molecule has 2 saturated heterocycles. The Labute approximate surface area is 169 Å². The van der Waals surface area contributed by atoms with Crippen molar-refractivity contribution in [2.24, 2.45) is 5.92 Å². The molecule has 2 atom stereocenters. The second kappa shape index (κ2) is 6.76. The van der Waals surface area contributed by atoms with E-state index in [1.807, 2.05) is 17.6 Å². The van der Waals surface area contributed by atoms with Gasteiger partial charge in [0.1, 0.15) is 5.56 Å². The van der Waals surface area contributed by atoms with E-state index in [0.29, 0.717) is 23.1 Å². The molecule has 29 heavy (non-hydrogen) atoms. The maximum atomic E-state index is 12.9. The Balaban J connectivity index is 1.73. The standard InChI is InChI=1S/C22H27N3O4/c1-12-8-15-19(25(14-5-6-14)10-16(20(15)26)22(27)28)21(29-2)18(12)24-9-13-4-3-7-23-17(13)11-24/h8,10,13-14,17,23H,3-7,9,11H2,1-2H3,(H,27,28). The molecule has 1 aromatic heterocycles. The number of benzene rings is 1. The molecule has 2 aliphatic heterocycles. The molecule has 2 N–H and O–H groups in total. The molecule has 3 heterocycles. The fraction of sp³-hybridized carbons (Fsp3) is 0.545. The first-order chi connectivity index (χ1) is 14.0. The number of aryl methyl sites for hydroxylation is 1. The fourth-order valence-electron chi connectivity index (χ4n) is 5.21. The number of anilines is 1. The highest BCUT2D eigenvalue weighted by Gasteiger charge is 2.37. The van der Waals surface area contributed by atoms with Crippen LogP contribution in [0.2, 0.25) is 0 Å². The minimum absolute atomic E-state index is 0.171. The minimum Gasteiger partial charge on any atom is -0.492 e. The summed E-state index contributed by atoms with van der Waals surface area (Å²) in [4.78, 5) is 27.0. The molecular formula is C22H27N3O4. The number of carbonyl (C=O) groups is 1. The number of fused-ring (bicyclic) bond motifs is 2. The van der Waals surface area contributed by atoms with Gasteiger partial charge in [-0.05, 0) is 56.7 Å². The van der Waals surface area contributed by atoms with Crippen molar-refractivity contribution in [3.63, 3.8) is 0 Å². The second-order valence-electron chi connectivity index (χ2n) is 8.65. The predicted octanol–water partition coefficient (Wildman–Crippen LogP) is 2.54. The first-order valence-electron chi connectivity index (χ1n) is 10.5. The van der Waals surface area contributed by atoms with Gasteiger partial charge in [0.2, 0.25) is 5.43 Å². The highest BCUT2D eigenvalue weighted by atomic mass is 16.5. The summed E-state index contributed by atoms with van der Waals surface area (Å²) in [7, 11) is 1.64. The first kappa shape index (κ1) is 18.5. The minimum atomic E-state index is -1.18. The molecule has 2 aromatic rings. The van der Waals surface area contributed by atoms with E-state index in [1.54, 1.807) is 7.11 Å². The Morgan fingerprint density at radius 1 is 1.28 bits per heavy atom. The molecule has 3 aliphatic rings. The van der Waals surface area contributed by atoms with Crippen molar-refractivity contribution in [3.8, 4) is 5.75 Å². The molecule has 3 fully saturated rings. The Hall–Kier alpha value is -2.54. The van der Waals surface area contributed by atoms with Crippen LogP contribution >= 0.6 is 0 Å². The van der Waals surface area contributed by atoms with Crippen LogP contribution in [0.25, 0.3) is 10.9 Å². The van der Waals surface area contributed by atoms with Crippen LogP contribution in [0.3, 0.4) is 0 Å². The van der Waals surface area contributed by atoms with E-state index in [4.69, 9.17) is 4.74 Å². The normalized spacial score (nSPS) is 24.0. The summed E-state index contributed by atoms with van der Waals surface area (Å²) in [5, 5.41) is 13.6. The zero-order valence-electron chi connectivity index (χ0n) is 16.9. The maximum absolute atomic E-state index is 12.9. The second-order valence-corrected chi connectivity index (χ2v) is 8.65. The van der Waals surface area contributed by atoms with Gasteiger partial charge in [0.05, 0.1) is 23.7 Å². The number of hydrogen-bond acceptors (Lipinski definition) is 5. The number of ether oxygens (including phenoxy) is 1. The topological polar surface area (TPSA) is 83.8 Å². The van der Waals surface area contributed by atoms with E-state index >= 15 is 0 Å². The summed E-state index contributed by atoms with van der Waals surface area (Å²) in [5.74, 6) is 0.143. The number of pyridine rings is 1. The van der Waals surface area contributed by atoms with Gasteiger partial charge < -0.3 is 24.6 Å². The van der Waals surface area contributed by atoms with Crippen LogP contribution in [0.5, 0.6) is 5.75 Å². The number of aromatic carboxylic acids is 1.